The molecule has 1 aromatic rings. The number of rotatable bonds is 7. The van der Waals surface area contributed by atoms with E-state index in [0.29, 0.717) is 0 Å². The summed E-state index contributed by atoms with van der Waals surface area (Å²) in [7, 11) is 3.67. The maximum atomic E-state index is 5.52. The molecule has 1 aromatic carbocycles. The highest BCUT2D eigenvalue weighted by atomic mass is 16.5. The summed E-state index contributed by atoms with van der Waals surface area (Å²) in [4.78, 5) is 7.78. The van der Waals surface area contributed by atoms with Crippen LogP contribution in [0.1, 0.15) is 25.7 Å². The summed E-state index contributed by atoms with van der Waals surface area (Å²) in [6.07, 6.45) is 5.34. The number of likely N-dealkylation sites (tertiary alicyclic amines) is 1. The van der Waals surface area contributed by atoms with E-state index in [0.717, 1.165) is 31.1 Å². The largest absolute Gasteiger partial charge is 0.495 e. The lowest BCUT2D eigenvalue weighted by Crippen LogP contribution is -2.33. The molecule has 3 rings (SSSR count). The van der Waals surface area contributed by atoms with Crippen LogP contribution in [0.15, 0.2) is 18.2 Å². The van der Waals surface area contributed by atoms with Gasteiger partial charge in [-0.25, -0.2) is 0 Å². The van der Waals surface area contributed by atoms with Crippen molar-refractivity contribution in [3.63, 3.8) is 0 Å². The van der Waals surface area contributed by atoms with E-state index < -0.39 is 0 Å². The zero-order valence-corrected chi connectivity index (χ0v) is 16.0. The maximum Gasteiger partial charge on any atom is 0.144 e. The van der Waals surface area contributed by atoms with Crippen LogP contribution in [0.5, 0.6) is 5.75 Å². The molecule has 0 amide bonds. The number of methoxy groups -OCH3 is 1. The zero-order valence-electron chi connectivity index (χ0n) is 16.0. The quantitative estimate of drug-likeness (QED) is 0.820. The highest BCUT2D eigenvalue weighted by Gasteiger charge is 2.17. The van der Waals surface area contributed by atoms with Crippen LogP contribution in [0.25, 0.3) is 0 Å². The van der Waals surface area contributed by atoms with Crippen LogP contribution in [0.4, 0.5) is 11.4 Å². The molecule has 140 valence electrons. The highest BCUT2D eigenvalue weighted by molar-refractivity contribution is 5.64. The van der Waals surface area contributed by atoms with Crippen molar-refractivity contribution < 1.29 is 4.74 Å². The van der Waals surface area contributed by atoms with Crippen molar-refractivity contribution in [1.82, 2.24) is 9.80 Å². The predicted molar refractivity (Wildman–Crippen MR) is 106 cm³/mol. The Balaban J connectivity index is 1.49. The molecule has 5 heteroatoms. The molecular formula is C20H34N4O. The number of anilines is 2. The fourth-order valence-corrected chi connectivity index (χ4v) is 4.06. The molecule has 0 spiro atoms. The van der Waals surface area contributed by atoms with Gasteiger partial charge in [0, 0.05) is 38.4 Å². The molecule has 0 radical (unpaired) electrons. The maximum absolute atomic E-state index is 5.52. The zero-order chi connectivity index (χ0) is 17.5. The molecule has 0 unspecified atom stereocenters. The van der Waals surface area contributed by atoms with Crippen LogP contribution in [0.2, 0.25) is 0 Å². The molecule has 2 aliphatic rings. The smallest absolute Gasteiger partial charge is 0.144 e. The van der Waals surface area contributed by atoms with Crippen LogP contribution < -0.4 is 15.0 Å². The first-order valence-electron chi connectivity index (χ1n) is 9.85. The van der Waals surface area contributed by atoms with Gasteiger partial charge in [-0.1, -0.05) is 0 Å². The molecule has 0 bridgehead atoms. The molecular weight excluding hydrogens is 312 g/mol. The van der Waals surface area contributed by atoms with Crippen LogP contribution >= 0.6 is 0 Å². The second-order valence-electron chi connectivity index (χ2n) is 7.22. The van der Waals surface area contributed by atoms with Gasteiger partial charge >= 0.3 is 0 Å². The van der Waals surface area contributed by atoms with Gasteiger partial charge in [0.25, 0.3) is 0 Å². The van der Waals surface area contributed by atoms with Crippen molar-refractivity contribution in [2.75, 3.05) is 76.7 Å². The Labute approximate surface area is 152 Å². The number of hydrogen-bond acceptors (Lipinski definition) is 5. The lowest BCUT2D eigenvalue weighted by atomic mass is 10.2. The first-order chi connectivity index (χ1) is 12.3. The molecule has 5 nitrogen and oxygen atoms in total. The van der Waals surface area contributed by atoms with Gasteiger partial charge in [-0.15, -0.1) is 0 Å². The summed E-state index contributed by atoms with van der Waals surface area (Å²) in [5.74, 6) is 0.923. The van der Waals surface area contributed by atoms with E-state index in [4.69, 9.17) is 4.74 Å². The molecule has 2 heterocycles. The van der Waals surface area contributed by atoms with E-state index in [9.17, 15) is 0 Å². The third-order valence-corrected chi connectivity index (χ3v) is 5.56. The van der Waals surface area contributed by atoms with Gasteiger partial charge in [0.05, 0.1) is 12.8 Å². The van der Waals surface area contributed by atoms with Gasteiger partial charge in [0.2, 0.25) is 0 Å². The minimum absolute atomic E-state index is 0.923. The summed E-state index contributed by atoms with van der Waals surface area (Å²) in [6.45, 7) is 9.78. The third kappa shape index (κ3) is 5.02. The number of nitrogens with one attached hydrogen (secondary N) is 1. The summed E-state index contributed by atoms with van der Waals surface area (Å²) in [5, 5.41) is 3.19. The molecule has 0 aromatic heterocycles. The SMILES string of the molecule is CNc1ccc(N2CCCN(CCCN3CCCC3)CC2)cc1OC. The lowest BCUT2D eigenvalue weighted by molar-refractivity contribution is 0.257. The van der Waals surface area contributed by atoms with Gasteiger partial charge in [-0.2, -0.15) is 0 Å². The van der Waals surface area contributed by atoms with Gasteiger partial charge in [0.15, 0.2) is 0 Å². The minimum Gasteiger partial charge on any atom is -0.495 e. The molecule has 0 saturated carbocycles. The predicted octanol–water partition coefficient (Wildman–Crippen LogP) is 2.73. The van der Waals surface area contributed by atoms with E-state index in [-0.39, 0.29) is 0 Å². The standard InChI is InChI=1S/C20H34N4O/c1-21-19-8-7-18(17-20(19)25-2)24-14-6-13-23(15-16-24)12-5-11-22-9-3-4-10-22/h7-8,17,21H,3-6,9-16H2,1-2H3. The van der Waals surface area contributed by atoms with Gasteiger partial charge in [-0.3, -0.25) is 0 Å². The first kappa shape index (κ1) is 18.3. The van der Waals surface area contributed by atoms with Gasteiger partial charge < -0.3 is 24.8 Å². The van der Waals surface area contributed by atoms with Crippen LogP contribution in [0, 0.1) is 0 Å². The van der Waals surface area contributed by atoms with E-state index in [1.165, 1.54) is 64.1 Å². The molecule has 0 aliphatic carbocycles. The average Bonchev–Trinajstić information content (AvgIpc) is 3.05. The van der Waals surface area contributed by atoms with Crippen molar-refractivity contribution in [2.24, 2.45) is 0 Å². The fraction of sp³-hybridized carbons (Fsp3) is 0.700. The Hall–Kier alpha value is -1.46. The molecule has 1 N–H and O–H groups in total. The Kier molecular flexibility index (Phi) is 6.82. The summed E-state index contributed by atoms with van der Waals surface area (Å²) in [5.41, 5.74) is 2.32. The normalized spacial score (nSPS) is 19.8. The van der Waals surface area contributed by atoms with Gasteiger partial charge in [0.1, 0.15) is 5.75 Å². The number of nitrogens with zero attached hydrogens (tertiary/aromatic N) is 3. The highest BCUT2D eigenvalue weighted by Crippen LogP contribution is 2.30. The number of benzene rings is 1. The topological polar surface area (TPSA) is 31.0 Å². The van der Waals surface area contributed by atoms with E-state index in [1.807, 2.05) is 7.05 Å². The fourth-order valence-electron chi connectivity index (χ4n) is 4.06. The second kappa shape index (κ2) is 9.30. The van der Waals surface area contributed by atoms with Crippen molar-refractivity contribution in [3.05, 3.63) is 18.2 Å². The summed E-state index contributed by atoms with van der Waals surface area (Å²) < 4.78 is 5.52. The second-order valence-corrected chi connectivity index (χ2v) is 7.22. The van der Waals surface area contributed by atoms with E-state index in [2.05, 4.69) is 38.2 Å². The summed E-state index contributed by atoms with van der Waals surface area (Å²) >= 11 is 0. The van der Waals surface area contributed by atoms with Crippen LogP contribution in [0.3, 0.4) is 0 Å². The summed E-state index contributed by atoms with van der Waals surface area (Å²) in [6, 6.07) is 6.49. The molecule has 0 atom stereocenters. The Morgan fingerprint density at radius 3 is 2.36 bits per heavy atom. The van der Waals surface area contributed by atoms with Crippen molar-refractivity contribution in [1.29, 1.82) is 0 Å². The first-order valence-corrected chi connectivity index (χ1v) is 9.85. The van der Waals surface area contributed by atoms with Crippen molar-refractivity contribution in [3.8, 4) is 5.75 Å². The Morgan fingerprint density at radius 1 is 0.920 bits per heavy atom. The minimum atomic E-state index is 0.923. The third-order valence-electron chi connectivity index (χ3n) is 5.56. The number of hydrogen-bond donors (Lipinski definition) is 1. The van der Waals surface area contributed by atoms with E-state index >= 15 is 0 Å². The average molecular weight is 347 g/mol. The number of ether oxygens (including phenoxy) is 1. The van der Waals surface area contributed by atoms with Crippen LogP contribution in [-0.4, -0.2) is 76.3 Å². The molecule has 2 fully saturated rings. The Bertz CT molecular complexity index is 530. The Morgan fingerprint density at radius 2 is 1.64 bits per heavy atom. The molecule has 2 aliphatic heterocycles. The van der Waals surface area contributed by atoms with Gasteiger partial charge in [-0.05, 0) is 70.5 Å². The van der Waals surface area contributed by atoms with Crippen molar-refractivity contribution >= 4 is 11.4 Å². The molecule has 2 saturated heterocycles. The lowest BCUT2D eigenvalue weighted by Gasteiger charge is -2.25. The van der Waals surface area contributed by atoms with Crippen LogP contribution in [-0.2, 0) is 0 Å². The molecule has 25 heavy (non-hydrogen) atoms. The van der Waals surface area contributed by atoms with Crippen molar-refractivity contribution in [2.45, 2.75) is 25.7 Å². The monoisotopic (exact) mass is 346 g/mol. The van der Waals surface area contributed by atoms with E-state index in [1.54, 1.807) is 7.11 Å².